The molecule has 1 heterocycles. The molecule has 23 heavy (non-hydrogen) atoms. The topological polar surface area (TPSA) is 41.9 Å². The zero-order chi connectivity index (χ0) is 17.0. The number of hydrogen-bond donors (Lipinski definition) is 0. The number of carbonyl (C=O) groups excluding carboxylic acids is 1. The second-order valence-corrected chi connectivity index (χ2v) is 6.60. The molecule has 2 rings (SSSR count). The van der Waals surface area contributed by atoms with Crippen LogP contribution in [0.1, 0.15) is 25.8 Å². The molecule has 1 atom stereocenters. The van der Waals surface area contributed by atoms with Gasteiger partial charge in [-0.2, -0.15) is 0 Å². The van der Waals surface area contributed by atoms with Gasteiger partial charge in [0.2, 0.25) is 5.91 Å². The molecule has 1 aromatic rings. The van der Waals surface area contributed by atoms with E-state index in [-0.39, 0.29) is 17.9 Å². The third kappa shape index (κ3) is 4.49. The fourth-order valence-electron chi connectivity index (χ4n) is 2.39. The Balaban J connectivity index is 2.01. The van der Waals surface area contributed by atoms with Crippen molar-refractivity contribution in [2.75, 3.05) is 13.1 Å². The molecule has 124 valence electrons. The van der Waals surface area contributed by atoms with Crippen LogP contribution < -0.4 is 0 Å². The summed E-state index contributed by atoms with van der Waals surface area (Å²) in [6.45, 7) is 8.45. The van der Waals surface area contributed by atoms with Crippen molar-refractivity contribution in [1.29, 1.82) is 0 Å². The summed E-state index contributed by atoms with van der Waals surface area (Å²) in [4.78, 5) is 19.4. The fraction of sp³-hybridized carbons (Fsp3) is 0.412. The van der Waals surface area contributed by atoms with Gasteiger partial charge < -0.3 is 9.74 Å². The first-order valence-electron chi connectivity index (χ1n) is 7.50. The average Bonchev–Trinajstić information content (AvgIpc) is 2.97. The molecule has 0 radical (unpaired) electrons. The Bertz CT molecular complexity index is 629. The minimum Gasteiger partial charge on any atom is -0.390 e. The lowest BCUT2D eigenvalue weighted by Crippen LogP contribution is -2.40. The maximum Gasteiger partial charge on any atom is 0.225 e. The minimum absolute atomic E-state index is 0.0631. The lowest BCUT2D eigenvalue weighted by atomic mass is 10.0. The van der Waals surface area contributed by atoms with Gasteiger partial charge in [0.25, 0.3) is 0 Å². The summed E-state index contributed by atoms with van der Waals surface area (Å²) < 4.78 is 0. The normalized spacial score (nSPS) is 16.9. The van der Waals surface area contributed by atoms with Crippen LogP contribution in [0, 0.1) is 5.92 Å². The molecule has 0 saturated carbocycles. The van der Waals surface area contributed by atoms with E-state index in [1.54, 1.807) is 23.1 Å². The minimum atomic E-state index is -0.165. The molecule has 1 aliphatic heterocycles. The Morgan fingerprint density at radius 1 is 1.48 bits per heavy atom. The first-order chi connectivity index (χ1) is 10.9. The number of nitrogens with zero attached hydrogens (tertiary/aromatic N) is 2. The van der Waals surface area contributed by atoms with Crippen molar-refractivity contribution >= 4 is 34.8 Å². The second kappa shape index (κ2) is 7.84. The van der Waals surface area contributed by atoms with Crippen LogP contribution >= 0.6 is 23.2 Å². The predicted octanol–water partition coefficient (Wildman–Crippen LogP) is 4.16. The first-order valence-corrected chi connectivity index (χ1v) is 8.25. The molecule has 1 amide bonds. The second-order valence-electron chi connectivity index (χ2n) is 5.79. The van der Waals surface area contributed by atoms with Gasteiger partial charge in [-0.05, 0) is 12.1 Å². The highest BCUT2D eigenvalue weighted by Gasteiger charge is 2.27. The molecular formula is C17H20Cl2N2O2. The van der Waals surface area contributed by atoms with Gasteiger partial charge >= 0.3 is 0 Å². The van der Waals surface area contributed by atoms with E-state index in [0.717, 1.165) is 11.3 Å². The van der Waals surface area contributed by atoms with Crippen molar-refractivity contribution < 1.29 is 9.63 Å². The number of amides is 1. The van der Waals surface area contributed by atoms with E-state index in [4.69, 9.17) is 28.0 Å². The van der Waals surface area contributed by atoms with E-state index in [9.17, 15) is 4.79 Å². The zero-order valence-corrected chi connectivity index (χ0v) is 14.8. The third-order valence-electron chi connectivity index (χ3n) is 3.56. The molecule has 0 spiro atoms. The molecule has 0 saturated heterocycles. The zero-order valence-electron chi connectivity index (χ0n) is 13.3. The molecule has 0 unspecified atom stereocenters. The molecule has 4 nitrogen and oxygen atoms in total. The van der Waals surface area contributed by atoms with Crippen LogP contribution in [0.5, 0.6) is 0 Å². The molecule has 6 heteroatoms. The Morgan fingerprint density at radius 2 is 2.22 bits per heavy atom. The lowest BCUT2D eigenvalue weighted by Gasteiger charge is -2.25. The standard InChI is InChI=1S/C17H20Cl2N2O2/c1-4-7-21(17(22)11(2)3)10-13-9-16(20-23-13)12-5-6-14(18)15(19)8-12/h4-6,8,11,13H,1,7,9-10H2,2-3H3/t13-/m0/s1. The monoisotopic (exact) mass is 354 g/mol. The number of oxime groups is 1. The average molecular weight is 355 g/mol. The van der Waals surface area contributed by atoms with Gasteiger partial charge in [0.05, 0.1) is 22.3 Å². The van der Waals surface area contributed by atoms with Crippen molar-refractivity contribution in [2.45, 2.75) is 26.4 Å². The molecular weight excluding hydrogens is 335 g/mol. The summed E-state index contributed by atoms with van der Waals surface area (Å²) >= 11 is 12.0. The van der Waals surface area contributed by atoms with Gasteiger partial charge in [-0.3, -0.25) is 4.79 Å². The van der Waals surface area contributed by atoms with Gasteiger partial charge in [-0.1, -0.05) is 54.3 Å². The molecule has 0 aromatic heterocycles. The summed E-state index contributed by atoms with van der Waals surface area (Å²) in [5.74, 6) is 0.0169. The van der Waals surface area contributed by atoms with Crippen molar-refractivity contribution in [1.82, 2.24) is 4.90 Å². The van der Waals surface area contributed by atoms with Crippen molar-refractivity contribution in [2.24, 2.45) is 11.1 Å². The Labute approximate surface area is 146 Å². The molecule has 1 aromatic carbocycles. The molecule has 0 bridgehead atoms. The number of benzene rings is 1. The van der Waals surface area contributed by atoms with Gasteiger partial charge in [-0.15, -0.1) is 6.58 Å². The van der Waals surface area contributed by atoms with E-state index >= 15 is 0 Å². The van der Waals surface area contributed by atoms with Gasteiger partial charge in [0, 0.05) is 24.4 Å². The Kier molecular flexibility index (Phi) is 6.08. The summed E-state index contributed by atoms with van der Waals surface area (Å²) in [7, 11) is 0. The Morgan fingerprint density at radius 3 is 2.83 bits per heavy atom. The van der Waals surface area contributed by atoms with Crippen LogP contribution in [0.4, 0.5) is 0 Å². The molecule has 0 N–H and O–H groups in total. The lowest BCUT2D eigenvalue weighted by molar-refractivity contribution is -0.135. The van der Waals surface area contributed by atoms with E-state index in [1.807, 2.05) is 19.9 Å². The van der Waals surface area contributed by atoms with Gasteiger partial charge in [0.1, 0.15) is 0 Å². The highest BCUT2D eigenvalue weighted by atomic mass is 35.5. The predicted molar refractivity (Wildman–Crippen MR) is 94.1 cm³/mol. The van der Waals surface area contributed by atoms with Crippen LogP contribution in [0.2, 0.25) is 10.0 Å². The van der Waals surface area contributed by atoms with Crippen molar-refractivity contribution in [3.63, 3.8) is 0 Å². The molecule has 0 fully saturated rings. The van der Waals surface area contributed by atoms with E-state index in [0.29, 0.717) is 29.6 Å². The number of rotatable bonds is 6. The van der Waals surface area contributed by atoms with Crippen LogP contribution in [0.15, 0.2) is 36.0 Å². The smallest absolute Gasteiger partial charge is 0.225 e. The van der Waals surface area contributed by atoms with E-state index < -0.39 is 0 Å². The van der Waals surface area contributed by atoms with Crippen LogP contribution in [-0.4, -0.2) is 35.7 Å². The van der Waals surface area contributed by atoms with E-state index in [2.05, 4.69) is 11.7 Å². The highest BCUT2D eigenvalue weighted by Crippen LogP contribution is 2.25. The fourth-order valence-corrected chi connectivity index (χ4v) is 2.69. The molecule has 1 aliphatic rings. The largest absolute Gasteiger partial charge is 0.390 e. The third-order valence-corrected chi connectivity index (χ3v) is 4.30. The summed E-state index contributed by atoms with van der Waals surface area (Å²) in [6, 6.07) is 5.37. The number of carbonyl (C=O) groups is 1. The van der Waals surface area contributed by atoms with Gasteiger partial charge in [0.15, 0.2) is 6.10 Å². The summed E-state index contributed by atoms with van der Waals surface area (Å²) in [5.41, 5.74) is 1.69. The van der Waals surface area contributed by atoms with Crippen molar-refractivity contribution in [3.05, 3.63) is 46.5 Å². The first kappa shape index (κ1) is 17.8. The van der Waals surface area contributed by atoms with Crippen LogP contribution in [0.3, 0.4) is 0 Å². The SMILES string of the molecule is C=CCN(C[C@@H]1CC(c2ccc(Cl)c(Cl)c2)=NO1)C(=O)C(C)C. The Hall–Kier alpha value is -1.52. The van der Waals surface area contributed by atoms with E-state index in [1.165, 1.54) is 0 Å². The number of halogens is 2. The van der Waals surface area contributed by atoms with Crippen molar-refractivity contribution in [3.8, 4) is 0 Å². The summed E-state index contributed by atoms with van der Waals surface area (Å²) in [6.07, 6.45) is 2.18. The summed E-state index contributed by atoms with van der Waals surface area (Å²) in [5, 5.41) is 5.12. The van der Waals surface area contributed by atoms with Gasteiger partial charge in [-0.25, -0.2) is 0 Å². The maximum atomic E-state index is 12.2. The highest BCUT2D eigenvalue weighted by molar-refractivity contribution is 6.42. The quantitative estimate of drug-likeness (QED) is 0.719. The molecule has 0 aliphatic carbocycles. The maximum absolute atomic E-state index is 12.2. The van der Waals surface area contributed by atoms with Crippen LogP contribution in [-0.2, 0) is 9.63 Å². The number of hydrogen-bond acceptors (Lipinski definition) is 3. The van der Waals surface area contributed by atoms with Crippen LogP contribution in [0.25, 0.3) is 0 Å².